The van der Waals surface area contributed by atoms with Gasteiger partial charge in [-0.25, -0.2) is 0 Å². The van der Waals surface area contributed by atoms with Crippen LogP contribution in [0.25, 0.3) is 0 Å². The first-order valence-electron chi connectivity index (χ1n) is 11.7. The Morgan fingerprint density at radius 2 is 0.714 bits per heavy atom. The van der Waals surface area contributed by atoms with Crippen molar-refractivity contribution in [2.24, 2.45) is 5.41 Å². The summed E-state index contributed by atoms with van der Waals surface area (Å²) in [7, 11) is 2.59. The molecule has 0 aliphatic rings. The number of hydrogen-bond acceptors (Lipinski definition) is 0. The van der Waals surface area contributed by atoms with Crippen molar-refractivity contribution in [1.82, 2.24) is 0 Å². The van der Waals surface area contributed by atoms with E-state index >= 15 is 0 Å². The molecule has 184 valence electrons. The van der Waals surface area contributed by atoms with Crippen LogP contribution in [0.5, 0.6) is 0 Å². The van der Waals surface area contributed by atoms with Gasteiger partial charge in [-0.15, -0.1) is 8.86 Å². The predicted molar refractivity (Wildman–Crippen MR) is 162 cm³/mol. The fourth-order valence-corrected chi connectivity index (χ4v) is 8.80. The molecular weight excluding hydrogens is 660 g/mol. The average molecular weight is 696 g/mol. The first-order chi connectivity index (χ1) is 16.5. The maximum absolute atomic E-state index is 3.29. The van der Waals surface area contributed by atoms with Gasteiger partial charge in [0.05, 0.1) is 0 Å². The van der Waals surface area contributed by atoms with Crippen LogP contribution in [0.4, 0.5) is 0 Å². The summed E-state index contributed by atoms with van der Waals surface area (Å²) in [5.41, 5.74) is 0.330. The van der Waals surface area contributed by atoms with Crippen molar-refractivity contribution in [2.75, 3.05) is 12.3 Å². The van der Waals surface area contributed by atoms with Crippen LogP contribution in [-0.2, 0) is 21.1 Å². The third kappa shape index (κ3) is 10.2. The van der Waals surface area contributed by atoms with Gasteiger partial charge in [0, 0.05) is 21.1 Å². The monoisotopic (exact) mass is 695 g/mol. The van der Waals surface area contributed by atoms with E-state index in [0.717, 1.165) is 0 Å². The maximum atomic E-state index is 3.29. The standard InChI is InChI=1S/C26H24P2.C5H11P.Pt/c1-5-13-23(14-6-1)27(24-15-7-2-8-16-24)21-22-28(25-17-9-3-10-18-25)26-19-11-4-12-20-26;1-5(2,3)4-6;/h1-20H,21-22H2;4,6H,1-3H3;. The van der Waals surface area contributed by atoms with Crippen LogP contribution in [0.3, 0.4) is 0 Å². The third-order valence-electron chi connectivity index (χ3n) is 5.25. The third-order valence-corrected chi connectivity index (χ3v) is 11.5. The predicted octanol–water partition coefficient (Wildman–Crippen LogP) is 7.23. The van der Waals surface area contributed by atoms with Gasteiger partial charge >= 0.3 is 0 Å². The fourth-order valence-electron chi connectivity index (χ4n) is 3.45. The SMILES string of the molecule is CC(C)(C)C=P.[Pt].c1ccc(P(CCP(c2ccccc2)c2ccccc2)c2ccccc2)cc1. The van der Waals surface area contributed by atoms with Gasteiger partial charge in [-0.05, 0) is 54.8 Å². The Morgan fingerprint density at radius 1 is 0.514 bits per heavy atom. The second-order valence-electron chi connectivity index (χ2n) is 9.16. The second-order valence-corrected chi connectivity index (χ2v) is 14.1. The minimum atomic E-state index is -0.348. The van der Waals surface area contributed by atoms with Crippen molar-refractivity contribution in [3.05, 3.63) is 121 Å². The Hall–Kier alpha value is -1.40. The molecule has 35 heavy (non-hydrogen) atoms. The molecule has 0 saturated carbocycles. The van der Waals surface area contributed by atoms with Crippen LogP contribution in [0.2, 0.25) is 0 Å². The average Bonchev–Trinajstić information content (AvgIpc) is 2.89. The van der Waals surface area contributed by atoms with E-state index in [2.05, 4.69) is 151 Å². The summed E-state index contributed by atoms with van der Waals surface area (Å²) in [4.78, 5) is 0. The van der Waals surface area contributed by atoms with Gasteiger partial charge in [0.2, 0.25) is 0 Å². The maximum Gasteiger partial charge on any atom is 0 e. The van der Waals surface area contributed by atoms with E-state index in [4.69, 9.17) is 0 Å². The Labute approximate surface area is 231 Å². The van der Waals surface area contributed by atoms with Crippen molar-refractivity contribution >= 4 is 51.7 Å². The fraction of sp³-hybridized carbons (Fsp3) is 0.194. The zero-order valence-corrected chi connectivity index (χ0v) is 25.8. The van der Waals surface area contributed by atoms with E-state index in [1.54, 1.807) is 0 Å². The van der Waals surface area contributed by atoms with Crippen molar-refractivity contribution in [2.45, 2.75) is 20.8 Å². The van der Waals surface area contributed by atoms with Crippen LogP contribution in [0.1, 0.15) is 20.8 Å². The molecule has 0 aliphatic heterocycles. The zero-order valence-electron chi connectivity index (χ0n) is 20.7. The molecule has 4 heteroatoms. The largest absolute Gasteiger partial charge is 0.126 e. The number of rotatable bonds is 7. The van der Waals surface area contributed by atoms with Crippen molar-refractivity contribution < 1.29 is 21.1 Å². The van der Waals surface area contributed by atoms with Crippen LogP contribution < -0.4 is 21.2 Å². The molecule has 0 aliphatic carbocycles. The smallest absolute Gasteiger partial charge is 0 e. The Morgan fingerprint density at radius 3 is 0.886 bits per heavy atom. The molecule has 0 bridgehead atoms. The molecule has 0 N–H and O–H groups in total. The molecule has 0 aromatic heterocycles. The number of benzene rings is 4. The molecule has 4 aromatic rings. The first kappa shape index (κ1) is 29.8. The minimum Gasteiger partial charge on any atom is -0.126 e. The quantitative estimate of drug-likeness (QED) is 0.179. The van der Waals surface area contributed by atoms with Gasteiger partial charge in [0.25, 0.3) is 0 Å². The van der Waals surface area contributed by atoms with Gasteiger partial charge in [-0.2, -0.15) is 0 Å². The van der Waals surface area contributed by atoms with Gasteiger partial charge in [-0.1, -0.05) is 148 Å². The van der Waals surface area contributed by atoms with E-state index < -0.39 is 0 Å². The molecule has 0 atom stereocenters. The van der Waals surface area contributed by atoms with Crippen LogP contribution in [0.15, 0.2) is 121 Å². The molecule has 0 radical (unpaired) electrons. The summed E-state index contributed by atoms with van der Waals surface area (Å²) in [6.45, 7) is 6.42. The van der Waals surface area contributed by atoms with Crippen molar-refractivity contribution in [3.8, 4) is 0 Å². The topological polar surface area (TPSA) is 0 Å². The summed E-state index contributed by atoms with van der Waals surface area (Å²) >= 11 is 0. The van der Waals surface area contributed by atoms with Crippen molar-refractivity contribution in [1.29, 1.82) is 0 Å². The van der Waals surface area contributed by atoms with E-state index in [-0.39, 0.29) is 36.9 Å². The Bertz CT molecular complexity index is 934. The zero-order chi connectivity index (χ0) is 24.2. The second kappa shape index (κ2) is 15.7. The molecular formula is C31H35P3Pt. The summed E-state index contributed by atoms with van der Waals surface area (Å²) in [5.74, 6) is 1.99. The molecule has 4 aromatic carbocycles. The van der Waals surface area contributed by atoms with E-state index in [1.165, 1.54) is 33.5 Å². The van der Waals surface area contributed by atoms with Crippen molar-refractivity contribution in [3.63, 3.8) is 0 Å². The molecule has 0 spiro atoms. The van der Waals surface area contributed by atoms with Gasteiger partial charge in [-0.3, -0.25) is 0 Å². The Kier molecular flexibility index (Phi) is 13.3. The van der Waals surface area contributed by atoms with Gasteiger partial charge < -0.3 is 0 Å². The van der Waals surface area contributed by atoms with Crippen LogP contribution in [0, 0.1) is 5.41 Å². The van der Waals surface area contributed by atoms with E-state index in [0.29, 0.717) is 5.41 Å². The van der Waals surface area contributed by atoms with Crippen LogP contribution >= 0.6 is 24.7 Å². The first-order valence-corrected chi connectivity index (χ1v) is 15.4. The molecule has 4 rings (SSSR count). The summed E-state index contributed by atoms with van der Waals surface area (Å²) in [5, 5.41) is 5.89. The molecule has 0 amide bonds. The van der Waals surface area contributed by atoms with Gasteiger partial charge in [0.15, 0.2) is 0 Å². The van der Waals surface area contributed by atoms with E-state index in [1.807, 2.05) is 5.80 Å². The number of hydrogen-bond donors (Lipinski definition) is 0. The minimum absolute atomic E-state index is 0. The summed E-state index contributed by atoms with van der Waals surface area (Å²) in [6.07, 6.45) is 2.41. The van der Waals surface area contributed by atoms with Crippen LogP contribution in [-0.4, -0.2) is 18.1 Å². The summed E-state index contributed by atoms with van der Waals surface area (Å²) in [6, 6.07) is 44.2. The summed E-state index contributed by atoms with van der Waals surface area (Å²) < 4.78 is 0. The molecule has 0 nitrogen and oxygen atoms in total. The molecule has 0 heterocycles. The van der Waals surface area contributed by atoms with E-state index in [9.17, 15) is 0 Å². The molecule has 0 fully saturated rings. The van der Waals surface area contributed by atoms with Gasteiger partial charge in [0.1, 0.15) is 0 Å². The Balaban J connectivity index is 0.000000552. The molecule has 0 saturated heterocycles. The normalized spacial score (nSPS) is 10.8. The molecule has 0 unspecified atom stereocenters.